The zero-order chi connectivity index (χ0) is 20.0. The molecule has 0 spiro atoms. The lowest BCUT2D eigenvalue weighted by Crippen LogP contribution is -2.35. The zero-order valence-electron chi connectivity index (χ0n) is 14.7. The summed E-state index contributed by atoms with van der Waals surface area (Å²) < 4.78 is 26.4. The number of nitro groups is 1. The Labute approximate surface area is 156 Å². The van der Waals surface area contributed by atoms with E-state index >= 15 is 0 Å². The van der Waals surface area contributed by atoms with Gasteiger partial charge in [-0.15, -0.1) is 0 Å². The van der Waals surface area contributed by atoms with Gasteiger partial charge in [-0.3, -0.25) is 14.9 Å². The maximum Gasteiger partial charge on any atom is 0.270 e. The first-order chi connectivity index (χ1) is 12.7. The van der Waals surface area contributed by atoms with Crippen LogP contribution in [-0.2, 0) is 14.8 Å². The highest BCUT2D eigenvalue weighted by atomic mass is 32.2. The van der Waals surface area contributed by atoms with E-state index in [4.69, 9.17) is 0 Å². The number of carbonyl (C=O) groups is 1. The molecule has 0 fully saturated rings. The molecule has 2 aromatic carbocycles. The maximum atomic E-state index is 12.1. The van der Waals surface area contributed by atoms with Crippen LogP contribution in [0.5, 0.6) is 0 Å². The van der Waals surface area contributed by atoms with Crippen LogP contribution in [-0.4, -0.2) is 31.5 Å². The third kappa shape index (κ3) is 5.69. The van der Waals surface area contributed by atoms with Crippen LogP contribution in [0.4, 0.5) is 5.69 Å². The maximum absolute atomic E-state index is 12.1. The highest BCUT2D eigenvalue weighted by molar-refractivity contribution is 7.89. The van der Waals surface area contributed by atoms with E-state index in [9.17, 15) is 23.3 Å². The largest absolute Gasteiger partial charge is 0.272 e. The topological polar surface area (TPSA) is 131 Å². The van der Waals surface area contributed by atoms with E-state index in [0.717, 1.165) is 5.56 Å². The number of aryl methyl sites for hydroxylation is 1. The van der Waals surface area contributed by atoms with Crippen LogP contribution in [0, 0.1) is 17.0 Å². The number of benzene rings is 2. The summed E-state index contributed by atoms with van der Waals surface area (Å²) >= 11 is 0. The minimum absolute atomic E-state index is 0.0529. The minimum atomic E-state index is -3.81. The summed E-state index contributed by atoms with van der Waals surface area (Å²) in [5.41, 5.74) is 3.84. The van der Waals surface area contributed by atoms with Crippen molar-refractivity contribution in [2.75, 3.05) is 6.54 Å². The van der Waals surface area contributed by atoms with Crippen LogP contribution < -0.4 is 10.1 Å². The average Bonchev–Trinajstić information content (AvgIpc) is 2.65. The van der Waals surface area contributed by atoms with Crippen molar-refractivity contribution in [1.82, 2.24) is 10.1 Å². The molecule has 0 saturated heterocycles. The first-order valence-electron chi connectivity index (χ1n) is 7.83. The van der Waals surface area contributed by atoms with Crippen molar-refractivity contribution in [2.24, 2.45) is 5.10 Å². The molecule has 0 aliphatic rings. The second-order valence-corrected chi connectivity index (χ2v) is 7.44. The second kappa shape index (κ2) is 8.52. The fourth-order valence-electron chi connectivity index (χ4n) is 2.06. The quantitative estimate of drug-likeness (QED) is 0.422. The first kappa shape index (κ1) is 20.2. The molecular formula is C17H18N4O5S. The van der Waals surface area contributed by atoms with Gasteiger partial charge >= 0.3 is 0 Å². The SMILES string of the molecule is C/C(=N/NC(=O)CNS(=O)(=O)c1ccc(C)cc1)c1cccc([N+](=O)[O-])c1. The highest BCUT2D eigenvalue weighted by Crippen LogP contribution is 2.13. The number of nitro benzene ring substituents is 1. The summed E-state index contributed by atoms with van der Waals surface area (Å²) in [4.78, 5) is 22.1. The van der Waals surface area contributed by atoms with E-state index in [1.54, 1.807) is 25.1 Å². The molecule has 2 aromatic rings. The fourth-order valence-corrected chi connectivity index (χ4v) is 3.04. The minimum Gasteiger partial charge on any atom is -0.272 e. The number of non-ortho nitro benzene ring substituents is 1. The summed E-state index contributed by atoms with van der Waals surface area (Å²) in [6.07, 6.45) is 0. The Hall–Kier alpha value is -3.11. The van der Waals surface area contributed by atoms with Gasteiger partial charge in [0.1, 0.15) is 0 Å². The normalized spacial score (nSPS) is 11.9. The van der Waals surface area contributed by atoms with Gasteiger partial charge in [-0.1, -0.05) is 29.8 Å². The van der Waals surface area contributed by atoms with Crippen LogP contribution in [0.2, 0.25) is 0 Å². The van der Waals surface area contributed by atoms with Crippen LogP contribution >= 0.6 is 0 Å². The van der Waals surface area contributed by atoms with Gasteiger partial charge in [0.15, 0.2) is 0 Å². The lowest BCUT2D eigenvalue weighted by molar-refractivity contribution is -0.384. The summed E-state index contributed by atoms with van der Waals surface area (Å²) in [6.45, 7) is 2.90. The molecule has 10 heteroatoms. The Morgan fingerprint density at radius 3 is 2.48 bits per heavy atom. The molecule has 0 heterocycles. The summed E-state index contributed by atoms with van der Waals surface area (Å²) in [5.74, 6) is -0.671. The highest BCUT2D eigenvalue weighted by Gasteiger charge is 2.15. The van der Waals surface area contributed by atoms with Crippen LogP contribution in [0.15, 0.2) is 58.5 Å². The molecule has 2 N–H and O–H groups in total. The van der Waals surface area contributed by atoms with Crippen LogP contribution in [0.25, 0.3) is 0 Å². The number of hydrogen-bond donors (Lipinski definition) is 2. The van der Waals surface area contributed by atoms with Crippen molar-refractivity contribution >= 4 is 27.3 Å². The third-order valence-electron chi connectivity index (χ3n) is 3.58. The Morgan fingerprint density at radius 2 is 1.85 bits per heavy atom. The summed E-state index contributed by atoms with van der Waals surface area (Å²) in [7, 11) is -3.81. The van der Waals surface area contributed by atoms with E-state index in [-0.39, 0.29) is 10.6 Å². The lowest BCUT2D eigenvalue weighted by atomic mass is 10.1. The zero-order valence-corrected chi connectivity index (χ0v) is 15.5. The molecule has 2 rings (SSSR count). The number of sulfonamides is 1. The van der Waals surface area contributed by atoms with Crippen LogP contribution in [0.3, 0.4) is 0 Å². The van der Waals surface area contributed by atoms with Gasteiger partial charge in [-0.2, -0.15) is 5.10 Å². The van der Waals surface area contributed by atoms with Crippen molar-refractivity contribution in [3.8, 4) is 0 Å². The molecule has 0 bridgehead atoms. The Balaban J connectivity index is 1.97. The molecular weight excluding hydrogens is 372 g/mol. The van der Waals surface area contributed by atoms with Gasteiger partial charge in [0.25, 0.3) is 11.6 Å². The van der Waals surface area contributed by atoms with E-state index in [0.29, 0.717) is 11.3 Å². The Bertz CT molecular complexity index is 985. The molecule has 1 amide bonds. The molecule has 142 valence electrons. The standard InChI is InChI=1S/C17H18N4O5S/c1-12-6-8-16(9-7-12)27(25,26)18-11-17(22)20-19-13(2)14-4-3-5-15(10-14)21(23)24/h3-10,18H,11H2,1-2H3,(H,20,22)/b19-13-. The molecule has 0 saturated carbocycles. The van der Waals surface area contributed by atoms with E-state index < -0.39 is 27.4 Å². The van der Waals surface area contributed by atoms with Gasteiger partial charge in [0.2, 0.25) is 10.0 Å². The van der Waals surface area contributed by atoms with Gasteiger partial charge in [-0.05, 0) is 26.0 Å². The molecule has 0 aliphatic heterocycles. The van der Waals surface area contributed by atoms with E-state index in [2.05, 4.69) is 15.2 Å². The summed E-state index contributed by atoms with van der Waals surface area (Å²) in [5, 5.41) is 14.6. The third-order valence-corrected chi connectivity index (χ3v) is 4.99. The number of carbonyl (C=O) groups excluding carboxylic acids is 1. The molecule has 0 aliphatic carbocycles. The number of amides is 1. The number of hydrogen-bond acceptors (Lipinski definition) is 6. The Kier molecular flexibility index (Phi) is 6.37. The molecule has 0 radical (unpaired) electrons. The second-order valence-electron chi connectivity index (χ2n) is 5.68. The van der Waals surface area contributed by atoms with E-state index in [1.165, 1.54) is 30.3 Å². The van der Waals surface area contributed by atoms with Crippen molar-refractivity contribution in [2.45, 2.75) is 18.7 Å². The molecule has 9 nitrogen and oxygen atoms in total. The predicted molar refractivity (Wildman–Crippen MR) is 99.8 cm³/mol. The molecule has 0 unspecified atom stereocenters. The number of nitrogens with one attached hydrogen (secondary N) is 2. The van der Waals surface area contributed by atoms with Crippen molar-refractivity contribution in [1.29, 1.82) is 0 Å². The van der Waals surface area contributed by atoms with Gasteiger partial charge < -0.3 is 0 Å². The lowest BCUT2D eigenvalue weighted by Gasteiger charge is -2.07. The smallest absolute Gasteiger partial charge is 0.270 e. The first-order valence-corrected chi connectivity index (χ1v) is 9.31. The molecule has 0 aromatic heterocycles. The van der Waals surface area contributed by atoms with Gasteiger partial charge in [0, 0.05) is 17.7 Å². The molecule has 27 heavy (non-hydrogen) atoms. The van der Waals surface area contributed by atoms with Crippen molar-refractivity contribution in [3.05, 3.63) is 69.8 Å². The molecule has 0 atom stereocenters. The number of nitrogens with zero attached hydrogens (tertiary/aromatic N) is 2. The van der Waals surface area contributed by atoms with E-state index in [1.807, 2.05) is 6.92 Å². The van der Waals surface area contributed by atoms with Crippen LogP contribution in [0.1, 0.15) is 18.1 Å². The monoisotopic (exact) mass is 390 g/mol. The van der Waals surface area contributed by atoms with Gasteiger partial charge in [0.05, 0.1) is 22.1 Å². The Morgan fingerprint density at radius 1 is 1.19 bits per heavy atom. The predicted octanol–water partition coefficient (Wildman–Crippen LogP) is 1.72. The van der Waals surface area contributed by atoms with Crippen molar-refractivity contribution < 1.29 is 18.1 Å². The van der Waals surface area contributed by atoms with Crippen molar-refractivity contribution in [3.63, 3.8) is 0 Å². The van der Waals surface area contributed by atoms with Gasteiger partial charge in [-0.25, -0.2) is 18.6 Å². The number of hydrazone groups is 1. The summed E-state index contributed by atoms with van der Waals surface area (Å²) in [6, 6.07) is 12.0. The number of rotatable bonds is 7. The average molecular weight is 390 g/mol. The fraction of sp³-hybridized carbons (Fsp3) is 0.176.